The maximum absolute atomic E-state index is 12.3. The van der Waals surface area contributed by atoms with Crippen molar-refractivity contribution in [3.05, 3.63) is 76.1 Å². The van der Waals surface area contributed by atoms with Crippen LogP contribution in [0.4, 0.5) is 0 Å². The molecule has 0 aliphatic heterocycles. The van der Waals surface area contributed by atoms with Crippen LogP contribution in [0.25, 0.3) is 11.0 Å². The van der Waals surface area contributed by atoms with Gasteiger partial charge in [-0.3, -0.25) is 0 Å². The van der Waals surface area contributed by atoms with Gasteiger partial charge in [-0.25, -0.2) is 9.59 Å². The van der Waals surface area contributed by atoms with Crippen LogP contribution in [0.1, 0.15) is 36.7 Å². The zero-order valence-corrected chi connectivity index (χ0v) is 13.8. The Labute approximate surface area is 139 Å². The van der Waals surface area contributed by atoms with Crippen LogP contribution in [0.2, 0.25) is 0 Å². The molecule has 4 heteroatoms. The molecule has 3 aromatic rings. The molecular weight excluding hydrogens is 304 g/mol. The van der Waals surface area contributed by atoms with E-state index >= 15 is 0 Å². The van der Waals surface area contributed by atoms with Gasteiger partial charge in [0.1, 0.15) is 5.58 Å². The Morgan fingerprint density at radius 3 is 2.33 bits per heavy atom. The van der Waals surface area contributed by atoms with Gasteiger partial charge in [0.05, 0.1) is 5.56 Å². The van der Waals surface area contributed by atoms with Gasteiger partial charge in [-0.2, -0.15) is 0 Å². The summed E-state index contributed by atoms with van der Waals surface area (Å²) in [6.07, 6.45) is 0. The third-order valence-electron chi connectivity index (χ3n) is 3.80. The van der Waals surface area contributed by atoms with Crippen LogP contribution in [0.5, 0.6) is 5.75 Å². The molecule has 0 saturated carbocycles. The van der Waals surface area contributed by atoms with Gasteiger partial charge in [-0.1, -0.05) is 51.1 Å². The molecule has 0 spiro atoms. The molecular formula is C20H18O4. The fourth-order valence-corrected chi connectivity index (χ4v) is 2.38. The first-order valence-electron chi connectivity index (χ1n) is 7.70. The third-order valence-corrected chi connectivity index (χ3v) is 3.80. The second kappa shape index (κ2) is 5.96. The molecule has 4 nitrogen and oxygen atoms in total. The van der Waals surface area contributed by atoms with Crippen LogP contribution in [-0.4, -0.2) is 5.97 Å². The van der Waals surface area contributed by atoms with Gasteiger partial charge < -0.3 is 9.15 Å². The van der Waals surface area contributed by atoms with E-state index in [-0.39, 0.29) is 11.2 Å². The highest BCUT2D eigenvalue weighted by molar-refractivity contribution is 5.91. The van der Waals surface area contributed by atoms with Crippen LogP contribution in [0.15, 0.2) is 63.8 Å². The Kier molecular flexibility index (Phi) is 3.97. The Bertz CT molecular complexity index is 944. The van der Waals surface area contributed by atoms with Crippen molar-refractivity contribution in [3.8, 4) is 5.75 Å². The number of esters is 1. The number of hydrogen-bond acceptors (Lipinski definition) is 4. The summed E-state index contributed by atoms with van der Waals surface area (Å²) >= 11 is 0. The number of benzene rings is 2. The first-order valence-corrected chi connectivity index (χ1v) is 7.70. The smallest absolute Gasteiger partial charge is 0.379 e. The summed E-state index contributed by atoms with van der Waals surface area (Å²) in [4.78, 5) is 24.2. The van der Waals surface area contributed by atoms with Crippen molar-refractivity contribution in [2.45, 2.75) is 26.2 Å². The predicted molar refractivity (Wildman–Crippen MR) is 92.6 cm³/mol. The fourth-order valence-electron chi connectivity index (χ4n) is 2.38. The van der Waals surface area contributed by atoms with E-state index in [1.807, 2.05) is 18.2 Å². The quantitative estimate of drug-likeness (QED) is 0.521. The van der Waals surface area contributed by atoms with Crippen LogP contribution in [0, 0.1) is 0 Å². The molecule has 3 rings (SSSR count). The molecule has 0 aliphatic carbocycles. The predicted octanol–water partition coefficient (Wildman–Crippen LogP) is 4.31. The second-order valence-electron chi connectivity index (χ2n) is 6.65. The molecule has 1 heterocycles. The largest absolute Gasteiger partial charge is 0.420 e. The van der Waals surface area contributed by atoms with Crippen molar-refractivity contribution in [2.75, 3.05) is 0 Å². The summed E-state index contributed by atoms with van der Waals surface area (Å²) in [7, 11) is 0. The van der Waals surface area contributed by atoms with Crippen molar-refractivity contribution in [2.24, 2.45) is 0 Å². The maximum atomic E-state index is 12.3. The lowest BCUT2D eigenvalue weighted by Gasteiger charge is -2.18. The lowest BCUT2D eigenvalue weighted by molar-refractivity contribution is 0.0729. The summed E-state index contributed by atoms with van der Waals surface area (Å²) in [6, 6.07) is 15.8. The van der Waals surface area contributed by atoms with Crippen molar-refractivity contribution >= 4 is 16.9 Å². The third kappa shape index (κ3) is 3.23. The number of rotatable bonds is 2. The van der Waals surface area contributed by atoms with Gasteiger partial charge in [0, 0.05) is 5.39 Å². The molecule has 0 radical (unpaired) electrons. The molecule has 2 aromatic carbocycles. The minimum atomic E-state index is -0.673. The molecule has 0 amide bonds. The Morgan fingerprint density at radius 2 is 1.67 bits per heavy atom. The van der Waals surface area contributed by atoms with Crippen LogP contribution in [-0.2, 0) is 5.41 Å². The first-order chi connectivity index (χ1) is 11.3. The van der Waals surface area contributed by atoms with Crippen LogP contribution >= 0.6 is 0 Å². The summed E-state index contributed by atoms with van der Waals surface area (Å²) in [5.41, 5.74) is 1.28. The normalized spacial score (nSPS) is 11.5. The molecule has 0 fully saturated rings. The highest BCUT2D eigenvalue weighted by Crippen LogP contribution is 2.23. The van der Waals surface area contributed by atoms with Gasteiger partial charge in [-0.15, -0.1) is 0 Å². The molecule has 122 valence electrons. The van der Waals surface area contributed by atoms with Crippen molar-refractivity contribution in [1.29, 1.82) is 0 Å². The highest BCUT2D eigenvalue weighted by atomic mass is 16.5. The Balaban J connectivity index is 1.87. The highest BCUT2D eigenvalue weighted by Gasteiger charge is 2.16. The van der Waals surface area contributed by atoms with Gasteiger partial charge in [0.15, 0.2) is 0 Å². The maximum Gasteiger partial charge on any atom is 0.379 e. The molecule has 24 heavy (non-hydrogen) atoms. The van der Waals surface area contributed by atoms with Crippen LogP contribution in [0.3, 0.4) is 0 Å². The van der Waals surface area contributed by atoms with Gasteiger partial charge in [0.25, 0.3) is 0 Å². The zero-order chi connectivity index (χ0) is 17.3. The number of para-hydroxylation sites is 1. The monoisotopic (exact) mass is 322 g/mol. The Hall–Kier alpha value is -2.88. The fraction of sp³-hybridized carbons (Fsp3) is 0.200. The van der Waals surface area contributed by atoms with E-state index in [1.54, 1.807) is 30.3 Å². The van der Waals surface area contributed by atoms with Crippen LogP contribution < -0.4 is 10.4 Å². The lowest BCUT2D eigenvalue weighted by atomic mass is 9.87. The van der Waals surface area contributed by atoms with E-state index in [9.17, 15) is 9.59 Å². The zero-order valence-electron chi connectivity index (χ0n) is 13.8. The Morgan fingerprint density at radius 1 is 1.00 bits per heavy atom. The van der Waals surface area contributed by atoms with E-state index in [2.05, 4.69) is 20.8 Å². The number of carbonyl (C=O) groups is 1. The van der Waals surface area contributed by atoms with E-state index in [0.29, 0.717) is 16.5 Å². The van der Waals surface area contributed by atoms with E-state index < -0.39 is 11.6 Å². The number of carbonyl (C=O) groups excluding carboxylic acids is 1. The summed E-state index contributed by atoms with van der Waals surface area (Å²) in [5.74, 6) is -0.698. The van der Waals surface area contributed by atoms with Crippen molar-refractivity contribution in [1.82, 2.24) is 0 Å². The van der Waals surface area contributed by atoms with Gasteiger partial charge in [-0.05, 0) is 35.2 Å². The van der Waals surface area contributed by atoms with Crippen molar-refractivity contribution in [3.63, 3.8) is 0 Å². The first kappa shape index (κ1) is 16.0. The minimum absolute atomic E-state index is 0.00183. The molecule has 0 N–H and O–H groups in total. The summed E-state index contributed by atoms with van der Waals surface area (Å²) < 4.78 is 10.4. The molecule has 0 aliphatic rings. The SMILES string of the molecule is CC(C)(C)c1ccc(C(=O)Oc2cc3ccccc3oc2=O)cc1. The number of ether oxygens (including phenoxy) is 1. The summed E-state index contributed by atoms with van der Waals surface area (Å²) in [5, 5.41) is 0.697. The van der Waals surface area contributed by atoms with Gasteiger partial charge in [0.2, 0.25) is 5.75 Å². The second-order valence-corrected chi connectivity index (χ2v) is 6.65. The lowest BCUT2D eigenvalue weighted by Crippen LogP contribution is -2.15. The number of hydrogen-bond donors (Lipinski definition) is 0. The number of fused-ring (bicyclic) bond motifs is 1. The molecule has 0 atom stereocenters. The van der Waals surface area contributed by atoms with E-state index in [0.717, 1.165) is 5.56 Å². The average Bonchev–Trinajstić information content (AvgIpc) is 2.55. The minimum Gasteiger partial charge on any atom is -0.420 e. The standard InChI is InChI=1S/C20H18O4/c1-20(2,3)15-10-8-13(9-11-15)18(21)24-17-12-14-6-4-5-7-16(14)23-19(17)22/h4-12H,1-3H3. The van der Waals surface area contributed by atoms with E-state index in [1.165, 1.54) is 6.07 Å². The molecule has 1 aromatic heterocycles. The molecule has 0 bridgehead atoms. The van der Waals surface area contributed by atoms with Gasteiger partial charge >= 0.3 is 11.6 Å². The average molecular weight is 322 g/mol. The molecule has 0 unspecified atom stereocenters. The summed E-state index contributed by atoms with van der Waals surface area (Å²) in [6.45, 7) is 6.29. The topological polar surface area (TPSA) is 56.5 Å². The van der Waals surface area contributed by atoms with E-state index in [4.69, 9.17) is 9.15 Å². The molecule has 0 saturated heterocycles. The van der Waals surface area contributed by atoms with Crippen molar-refractivity contribution < 1.29 is 13.9 Å².